The van der Waals surface area contributed by atoms with Crippen molar-refractivity contribution in [1.82, 2.24) is 0 Å². The Morgan fingerprint density at radius 2 is 0.953 bits per heavy atom. The zero-order valence-electron chi connectivity index (χ0n) is 38.1. The van der Waals surface area contributed by atoms with Gasteiger partial charge in [0, 0.05) is 40.3 Å². The number of nitrogens with zero attached hydrogens (tertiary/aromatic N) is 2. The smallest absolute Gasteiger partial charge is 0.252 e. The van der Waals surface area contributed by atoms with E-state index in [2.05, 4.69) is 193 Å². The van der Waals surface area contributed by atoms with E-state index < -0.39 is 0 Å². The van der Waals surface area contributed by atoms with E-state index >= 15 is 0 Å². The number of hydrogen-bond acceptors (Lipinski definition) is 6. The molecular weight excluding hydrogens is 787 g/mol. The van der Waals surface area contributed by atoms with Crippen molar-refractivity contribution in [2.75, 3.05) is 36.2 Å². The van der Waals surface area contributed by atoms with Crippen LogP contribution in [0.15, 0.2) is 127 Å². The van der Waals surface area contributed by atoms with Gasteiger partial charge in [-0.15, -0.1) is 0 Å². The molecule has 4 heterocycles. The van der Waals surface area contributed by atoms with Crippen LogP contribution in [0.1, 0.15) is 77.6 Å². The third kappa shape index (κ3) is 5.85. The lowest BCUT2D eigenvalue weighted by atomic mass is 9.33. The molecule has 5 aliphatic rings. The third-order valence-corrected chi connectivity index (χ3v) is 14.3. The summed E-state index contributed by atoms with van der Waals surface area (Å²) in [6.07, 6.45) is 0. The fourth-order valence-electron chi connectivity index (χ4n) is 10.9. The van der Waals surface area contributed by atoms with E-state index in [0.29, 0.717) is 26.4 Å². The Balaban J connectivity index is 1.18. The van der Waals surface area contributed by atoms with E-state index in [-0.39, 0.29) is 23.0 Å². The predicted molar refractivity (Wildman–Crippen MR) is 263 cm³/mol. The SMILES string of the molecule is CC(C)(C)c1ccc2c(c1)B1c3cc(C(C)(C)C)ccc3N(c3ccc4c(c3)OCCO4)c3cc(-c4ccc5c(c4)C(C)(C)c4ccccc4-5)cc(c31)N2c1ccc2c(c1)OCCO2. The first-order valence-electron chi connectivity index (χ1n) is 22.9. The monoisotopic (exact) mass is 840 g/mol. The van der Waals surface area contributed by atoms with Crippen molar-refractivity contribution in [3.8, 4) is 45.3 Å². The van der Waals surface area contributed by atoms with Crippen LogP contribution in [-0.4, -0.2) is 33.1 Å². The average Bonchev–Trinajstić information content (AvgIpc) is 3.52. The number of rotatable bonds is 3. The summed E-state index contributed by atoms with van der Waals surface area (Å²) >= 11 is 0. The van der Waals surface area contributed by atoms with Crippen LogP contribution in [0.5, 0.6) is 23.0 Å². The molecule has 1 aliphatic carbocycles. The molecule has 64 heavy (non-hydrogen) atoms. The molecule has 6 nitrogen and oxygen atoms in total. The van der Waals surface area contributed by atoms with Gasteiger partial charge in [-0.1, -0.05) is 116 Å². The van der Waals surface area contributed by atoms with Crippen LogP contribution in [-0.2, 0) is 16.2 Å². The van der Waals surface area contributed by atoms with Gasteiger partial charge in [0.25, 0.3) is 6.71 Å². The first kappa shape index (κ1) is 39.0. The maximum absolute atomic E-state index is 6.28. The molecule has 0 bridgehead atoms. The predicted octanol–water partition coefficient (Wildman–Crippen LogP) is 11.9. The molecule has 0 saturated carbocycles. The summed E-state index contributed by atoms with van der Waals surface area (Å²) in [5.41, 5.74) is 20.5. The molecular formula is C57H53BN2O4. The summed E-state index contributed by atoms with van der Waals surface area (Å²) in [4.78, 5) is 4.96. The first-order chi connectivity index (χ1) is 30.7. The van der Waals surface area contributed by atoms with Crippen molar-refractivity contribution in [1.29, 1.82) is 0 Å². The highest BCUT2D eigenvalue weighted by Crippen LogP contribution is 2.52. The van der Waals surface area contributed by atoms with Crippen LogP contribution in [0, 0.1) is 0 Å². The summed E-state index contributed by atoms with van der Waals surface area (Å²) in [6.45, 7) is 20.7. The van der Waals surface area contributed by atoms with Gasteiger partial charge in [-0.3, -0.25) is 0 Å². The normalized spacial score (nSPS) is 16.1. The minimum absolute atomic E-state index is 0.0518. The average molecular weight is 841 g/mol. The summed E-state index contributed by atoms with van der Waals surface area (Å²) in [5.74, 6) is 3.09. The second kappa shape index (κ2) is 13.7. The van der Waals surface area contributed by atoms with Crippen molar-refractivity contribution in [2.24, 2.45) is 0 Å². The zero-order chi connectivity index (χ0) is 43.9. The van der Waals surface area contributed by atoms with Crippen molar-refractivity contribution in [3.63, 3.8) is 0 Å². The number of fused-ring (bicyclic) bond motifs is 9. The van der Waals surface area contributed by atoms with Crippen molar-refractivity contribution < 1.29 is 18.9 Å². The highest BCUT2D eigenvalue weighted by molar-refractivity contribution is 7.00. The second-order valence-electron chi connectivity index (χ2n) is 20.7. The Morgan fingerprint density at radius 3 is 1.48 bits per heavy atom. The van der Waals surface area contributed by atoms with Crippen LogP contribution in [0.2, 0.25) is 0 Å². The lowest BCUT2D eigenvalue weighted by Crippen LogP contribution is -2.61. The number of hydrogen-bond donors (Lipinski definition) is 0. The lowest BCUT2D eigenvalue weighted by molar-refractivity contribution is 0.171. The van der Waals surface area contributed by atoms with Crippen molar-refractivity contribution in [2.45, 2.75) is 71.6 Å². The standard InChI is InChI=1S/C57H53BN2O4/c1-55(2,3)36-14-19-46-44(30-36)58-45-31-37(56(4,5)6)15-20-47(45)60(39-17-22-51-53(33-39)64-26-24-62-51)49-29-35(34-13-18-41-40-11-9-10-12-42(40)57(7,8)43(41)27-34)28-48(54(49)58)59(46)38-16-21-50-52(32-38)63-25-23-61-50/h9-22,27-33H,23-26H2,1-8H3. The number of anilines is 6. The van der Waals surface area contributed by atoms with Gasteiger partial charge in [0.05, 0.1) is 11.4 Å². The first-order valence-corrected chi connectivity index (χ1v) is 22.9. The Bertz CT molecular complexity index is 2950. The van der Waals surface area contributed by atoms with Gasteiger partial charge < -0.3 is 28.7 Å². The molecule has 0 amide bonds. The Hall–Kier alpha value is -6.60. The fourth-order valence-corrected chi connectivity index (χ4v) is 10.9. The Kier molecular flexibility index (Phi) is 8.36. The second-order valence-corrected chi connectivity index (χ2v) is 20.7. The summed E-state index contributed by atoms with van der Waals surface area (Å²) in [6, 6.07) is 48.1. The lowest BCUT2D eigenvalue weighted by Gasteiger charge is -2.45. The van der Waals surface area contributed by atoms with E-state index in [1.165, 1.54) is 55.3 Å². The molecule has 4 aliphatic heterocycles. The third-order valence-electron chi connectivity index (χ3n) is 14.3. The summed E-state index contributed by atoms with van der Waals surface area (Å²) in [7, 11) is 0. The molecule has 7 heteroatoms. The van der Waals surface area contributed by atoms with Crippen LogP contribution < -0.4 is 45.1 Å². The van der Waals surface area contributed by atoms with Crippen LogP contribution >= 0.6 is 0 Å². The fraction of sp³-hybridized carbons (Fsp3) is 0.263. The highest BCUT2D eigenvalue weighted by Gasteiger charge is 2.45. The molecule has 0 saturated heterocycles. The van der Waals surface area contributed by atoms with E-state index in [1.54, 1.807) is 0 Å². The summed E-state index contributed by atoms with van der Waals surface area (Å²) < 4.78 is 24.7. The van der Waals surface area contributed by atoms with Gasteiger partial charge in [-0.2, -0.15) is 0 Å². The van der Waals surface area contributed by atoms with Gasteiger partial charge >= 0.3 is 0 Å². The van der Waals surface area contributed by atoms with E-state index in [0.717, 1.165) is 62.7 Å². The van der Waals surface area contributed by atoms with E-state index in [9.17, 15) is 0 Å². The molecule has 7 aromatic carbocycles. The minimum Gasteiger partial charge on any atom is -0.486 e. The van der Waals surface area contributed by atoms with Gasteiger partial charge in [0.2, 0.25) is 0 Å². The molecule has 0 spiro atoms. The molecule has 0 atom stereocenters. The van der Waals surface area contributed by atoms with E-state index in [4.69, 9.17) is 18.9 Å². The number of benzene rings is 7. The van der Waals surface area contributed by atoms with Crippen molar-refractivity contribution >= 4 is 57.2 Å². The van der Waals surface area contributed by atoms with Crippen LogP contribution in [0.4, 0.5) is 34.1 Å². The number of ether oxygens (including phenoxy) is 4. The van der Waals surface area contributed by atoms with Crippen LogP contribution in [0.25, 0.3) is 22.3 Å². The van der Waals surface area contributed by atoms with Crippen LogP contribution in [0.3, 0.4) is 0 Å². The molecule has 0 unspecified atom stereocenters. The van der Waals surface area contributed by atoms with Gasteiger partial charge in [0.15, 0.2) is 23.0 Å². The molecule has 0 fully saturated rings. The molecule has 0 aromatic heterocycles. The van der Waals surface area contributed by atoms with Gasteiger partial charge in [-0.05, 0) is 126 Å². The molecule has 318 valence electrons. The molecule has 7 aromatic rings. The minimum atomic E-state index is -0.141. The summed E-state index contributed by atoms with van der Waals surface area (Å²) in [5, 5.41) is 0. The quantitative estimate of drug-likeness (QED) is 0.165. The van der Waals surface area contributed by atoms with Gasteiger partial charge in [-0.25, -0.2) is 0 Å². The molecule has 12 rings (SSSR count). The highest BCUT2D eigenvalue weighted by atomic mass is 16.6. The van der Waals surface area contributed by atoms with E-state index in [1.807, 2.05) is 0 Å². The molecule has 0 N–H and O–H groups in total. The van der Waals surface area contributed by atoms with Gasteiger partial charge in [0.1, 0.15) is 26.4 Å². The Labute approximate surface area is 377 Å². The maximum Gasteiger partial charge on any atom is 0.252 e. The Morgan fingerprint density at radius 1 is 0.453 bits per heavy atom. The topological polar surface area (TPSA) is 43.4 Å². The molecule has 0 radical (unpaired) electrons. The largest absolute Gasteiger partial charge is 0.486 e. The zero-order valence-corrected chi connectivity index (χ0v) is 38.1. The maximum atomic E-state index is 6.28. The van der Waals surface area contributed by atoms with Crippen molar-refractivity contribution in [3.05, 3.63) is 150 Å².